The molecule has 0 saturated carbocycles. The Morgan fingerprint density at radius 2 is 1.45 bits per heavy atom. The monoisotopic (exact) mass is 412 g/mol. The van der Waals surface area contributed by atoms with Crippen molar-refractivity contribution < 1.29 is 9.59 Å². The van der Waals surface area contributed by atoms with E-state index >= 15 is 0 Å². The van der Waals surface area contributed by atoms with Crippen molar-refractivity contribution in [3.63, 3.8) is 0 Å². The number of hydrogen-bond acceptors (Lipinski definition) is 4. The van der Waals surface area contributed by atoms with Crippen LogP contribution in [0.25, 0.3) is 10.9 Å². The summed E-state index contributed by atoms with van der Waals surface area (Å²) in [4.78, 5) is 37.0. The number of benzene rings is 3. The summed E-state index contributed by atoms with van der Waals surface area (Å²) in [6, 6.07) is 23.0. The summed E-state index contributed by atoms with van der Waals surface area (Å²) in [6.45, 7) is 0.311. The van der Waals surface area contributed by atoms with Crippen LogP contribution in [0.4, 0.5) is 11.4 Å². The van der Waals surface area contributed by atoms with Crippen molar-refractivity contribution >= 4 is 34.1 Å². The maximum atomic E-state index is 12.6. The molecule has 0 aliphatic carbocycles. The van der Waals surface area contributed by atoms with Crippen LogP contribution in [0.5, 0.6) is 0 Å². The van der Waals surface area contributed by atoms with E-state index in [9.17, 15) is 14.4 Å². The lowest BCUT2D eigenvalue weighted by Crippen LogP contribution is -2.19. The molecule has 0 aliphatic heterocycles. The van der Waals surface area contributed by atoms with Gasteiger partial charge in [-0.3, -0.25) is 19.1 Å². The second-order valence-electron chi connectivity index (χ2n) is 6.91. The molecule has 0 bridgehead atoms. The van der Waals surface area contributed by atoms with E-state index in [1.54, 1.807) is 71.4 Å². The summed E-state index contributed by atoms with van der Waals surface area (Å²) in [7, 11) is 0. The van der Waals surface area contributed by atoms with Crippen molar-refractivity contribution in [2.45, 2.75) is 13.0 Å². The Kier molecular flexibility index (Phi) is 5.84. The minimum absolute atomic E-state index is 0.153. The van der Waals surface area contributed by atoms with Gasteiger partial charge in [0.25, 0.3) is 5.91 Å². The van der Waals surface area contributed by atoms with Gasteiger partial charge in [0.05, 0.1) is 29.6 Å². The van der Waals surface area contributed by atoms with Crippen LogP contribution in [0.1, 0.15) is 16.8 Å². The Labute approximate surface area is 178 Å². The van der Waals surface area contributed by atoms with Crippen molar-refractivity contribution in [3.05, 3.63) is 101 Å². The second kappa shape index (κ2) is 9.04. The number of nitrogens with one attached hydrogen (secondary N) is 2. The summed E-state index contributed by atoms with van der Waals surface area (Å²) in [5.41, 5.74) is 2.07. The van der Waals surface area contributed by atoms with Crippen molar-refractivity contribution in [1.82, 2.24) is 9.78 Å². The maximum absolute atomic E-state index is 12.6. The molecule has 0 saturated heterocycles. The van der Waals surface area contributed by atoms with Gasteiger partial charge in [-0.05, 0) is 36.4 Å². The lowest BCUT2D eigenvalue weighted by molar-refractivity contribution is -0.116. The number of aromatic nitrogens is 2. The van der Waals surface area contributed by atoms with Gasteiger partial charge in [-0.1, -0.05) is 42.5 Å². The maximum Gasteiger partial charge on any atom is 0.255 e. The largest absolute Gasteiger partial charge is 0.324 e. The Bertz CT molecular complexity index is 1300. The standard InChI is InChI=1S/C24H20N4O3/c29-22-16-25-28(21-13-7-4-10-18(21)22)15-14-23(30)26-19-11-5-6-12-20(19)27-24(31)17-8-2-1-3-9-17/h1-13,16H,14-15H2,(H,26,30)(H,27,31). The number of fused-ring (bicyclic) bond motifs is 1. The molecule has 0 spiro atoms. The van der Waals surface area contributed by atoms with Crippen molar-refractivity contribution in [3.8, 4) is 0 Å². The molecule has 0 atom stereocenters. The van der Waals surface area contributed by atoms with Crippen LogP contribution >= 0.6 is 0 Å². The SMILES string of the molecule is O=C(CCn1ncc(=O)c2ccccc21)Nc1ccccc1NC(=O)c1ccccc1. The van der Waals surface area contributed by atoms with Gasteiger partial charge in [-0.15, -0.1) is 0 Å². The summed E-state index contributed by atoms with van der Waals surface area (Å²) in [5.74, 6) is -0.489. The molecule has 2 N–H and O–H groups in total. The van der Waals surface area contributed by atoms with Crippen LogP contribution < -0.4 is 16.1 Å². The summed E-state index contributed by atoms with van der Waals surface area (Å²) in [5, 5.41) is 10.4. The lowest BCUT2D eigenvalue weighted by atomic mass is 10.2. The number of amides is 2. The fourth-order valence-corrected chi connectivity index (χ4v) is 3.24. The highest BCUT2D eigenvalue weighted by Crippen LogP contribution is 2.22. The van der Waals surface area contributed by atoms with Crippen molar-refractivity contribution in [1.29, 1.82) is 0 Å². The van der Waals surface area contributed by atoms with Gasteiger partial charge in [0.1, 0.15) is 0 Å². The van der Waals surface area contributed by atoms with Crippen molar-refractivity contribution in [2.75, 3.05) is 10.6 Å². The van der Waals surface area contributed by atoms with Gasteiger partial charge in [-0.25, -0.2) is 0 Å². The smallest absolute Gasteiger partial charge is 0.255 e. The molecular formula is C24H20N4O3. The number of para-hydroxylation sites is 3. The van der Waals surface area contributed by atoms with E-state index in [2.05, 4.69) is 15.7 Å². The number of nitrogens with zero attached hydrogens (tertiary/aromatic N) is 2. The Hall–Kier alpha value is -4.26. The Morgan fingerprint density at radius 3 is 2.23 bits per heavy atom. The highest BCUT2D eigenvalue weighted by molar-refractivity contribution is 6.07. The van der Waals surface area contributed by atoms with E-state index in [0.29, 0.717) is 34.4 Å². The van der Waals surface area contributed by atoms with Gasteiger partial charge in [0.15, 0.2) is 0 Å². The van der Waals surface area contributed by atoms with Gasteiger partial charge in [0, 0.05) is 17.4 Å². The number of aryl methyl sites for hydroxylation is 1. The van der Waals surface area contributed by atoms with Crippen LogP contribution in [0.2, 0.25) is 0 Å². The molecule has 4 aromatic rings. The molecule has 7 nitrogen and oxygen atoms in total. The van der Waals surface area contributed by atoms with Gasteiger partial charge < -0.3 is 10.6 Å². The third-order valence-electron chi connectivity index (χ3n) is 4.80. The molecule has 154 valence electrons. The van der Waals surface area contributed by atoms with Crippen LogP contribution in [0.3, 0.4) is 0 Å². The van der Waals surface area contributed by atoms with Crippen LogP contribution in [0.15, 0.2) is 89.9 Å². The fourth-order valence-electron chi connectivity index (χ4n) is 3.24. The highest BCUT2D eigenvalue weighted by atomic mass is 16.2. The second-order valence-corrected chi connectivity index (χ2v) is 6.91. The topological polar surface area (TPSA) is 93.1 Å². The predicted molar refractivity (Wildman–Crippen MR) is 120 cm³/mol. The zero-order chi connectivity index (χ0) is 21.6. The van der Waals surface area contributed by atoms with Crippen LogP contribution in [-0.2, 0) is 11.3 Å². The van der Waals surface area contributed by atoms with Gasteiger partial charge >= 0.3 is 0 Å². The first-order valence-electron chi connectivity index (χ1n) is 9.82. The minimum Gasteiger partial charge on any atom is -0.324 e. The number of rotatable bonds is 6. The molecule has 1 aromatic heterocycles. The average Bonchev–Trinajstić information content (AvgIpc) is 2.81. The first kappa shape index (κ1) is 20.0. The first-order chi connectivity index (χ1) is 15.1. The summed E-state index contributed by atoms with van der Waals surface area (Å²) >= 11 is 0. The zero-order valence-electron chi connectivity index (χ0n) is 16.6. The molecule has 0 radical (unpaired) electrons. The zero-order valence-corrected chi connectivity index (χ0v) is 16.6. The van der Waals surface area contributed by atoms with Gasteiger partial charge in [-0.2, -0.15) is 5.10 Å². The molecule has 3 aromatic carbocycles. The number of hydrogen-bond donors (Lipinski definition) is 2. The summed E-state index contributed by atoms with van der Waals surface area (Å²) < 4.78 is 1.64. The Balaban J connectivity index is 1.45. The third kappa shape index (κ3) is 4.67. The Morgan fingerprint density at radius 1 is 0.806 bits per heavy atom. The molecule has 2 amide bonds. The number of carbonyl (C=O) groups excluding carboxylic acids is 2. The van der Waals surface area contributed by atoms with E-state index in [-0.39, 0.29) is 23.7 Å². The van der Waals surface area contributed by atoms with E-state index in [4.69, 9.17) is 0 Å². The highest BCUT2D eigenvalue weighted by Gasteiger charge is 2.11. The van der Waals surface area contributed by atoms with E-state index in [1.165, 1.54) is 6.20 Å². The summed E-state index contributed by atoms with van der Waals surface area (Å²) in [6.07, 6.45) is 1.41. The van der Waals surface area contributed by atoms with E-state index in [1.807, 2.05) is 12.1 Å². The molecule has 0 aliphatic rings. The average molecular weight is 412 g/mol. The predicted octanol–water partition coefficient (Wildman–Crippen LogP) is 3.68. The molecule has 0 fully saturated rings. The van der Waals surface area contributed by atoms with Crippen LogP contribution in [0, 0.1) is 0 Å². The van der Waals surface area contributed by atoms with Crippen molar-refractivity contribution in [2.24, 2.45) is 0 Å². The third-order valence-corrected chi connectivity index (χ3v) is 4.80. The molecule has 0 unspecified atom stereocenters. The van der Waals surface area contributed by atoms with E-state index < -0.39 is 0 Å². The fraction of sp³-hybridized carbons (Fsp3) is 0.0833. The minimum atomic E-state index is -0.258. The molecule has 1 heterocycles. The molecule has 4 rings (SSSR count). The number of anilines is 2. The first-order valence-corrected chi connectivity index (χ1v) is 9.82. The van der Waals surface area contributed by atoms with Crippen LogP contribution in [-0.4, -0.2) is 21.6 Å². The quantitative estimate of drug-likeness (QED) is 0.505. The van der Waals surface area contributed by atoms with E-state index in [0.717, 1.165) is 0 Å². The molecular weight excluding hydrogens is 392 g/mol. The molecule has 7 heteroatoms. The lowest BCUT2D eigenvalue weighted by Gasteiger charge is -2.13. The normalized spacial score (nSPS) is 10.6. The number of carbonyl (C=O) groups is 2. The van der Waals surface area contributed by atoms with Gasteiger partial charge in [0.2, 0.25) is 11.3 Å². The molecule has 31 heavy (non-hydrogen) atoms.